The molecule has 0 aromatic rings. The second-order valence-corrected chi connectivity index (χ2v) is 3.53. The summed E-state index contributed by atoms with van der Waals surface area (Å²) in [6.07, 6.45) is 6.77. The smallest absolute Gasteiger partial charge is 0.0994 e. The molecule has 2 nitrogen and oxygen atoms in total. The Labute approximate surface area is 68.1 Å². The summed E-state index contributed by atoms with van der Waals surface area (Å²) in [6.45, 7) is 2.20. The number of nitrogens with one attached hydrogen (secondary N) is 1. The highest BCUT2D eigenvalue weighted by molar-refractivity contribution is 5.85. The SMILES string of the molecule is C1CN=C(C2CCCC2)NC1. The molecule has 1 aliphatic heterocycles. The van der Waals surface area contributed by atoms with Crippen molar-refractivity contribution < 1.29 is 0 Å². The fraction of sp³-hybridized carbons (Fsp3) is 0.889. The van der Waals surface area contributed by atoms with Crippen LogP contribution in [-0.4, -0.2) is 18.9 Å². The number of hydrogen-bond acceptors (Lipinski definition) is 2. The Morgan fingerprint density at radius 3 is 2.64 bits per heavy atom. The van der Waals surface area contributed by atoms with Crippen LogP contribution >= 0.6 is 0 Å². The third kappa shape index (κ3) is 1.55. The van der Waals surface area contributed by atoms with E-state index in [2.05, 4.69) is 10.3 Å². The van der Waals surface area contributed by atoms with Crippen LogP contribution in [0.4, 0.5) is 0 Å². The largest absolute Gasteiger partial charge is 0.374 e. The molecule has 0 bridgehead atoms. The van der Waals surface area contributed by atoms with Gasteiger partial charge in [0.25, 0.3) is 0 Å². The third-order valence-corrected chi connectivity index (χ3v) is 2.67. The lowest BCUT2D eigenvalue weighted by atomic mass is 10.1. The summed E-state index contributed by atoms with van der Waals surface area (Å²) in [7, 11) is 0. The lowest BCUT2D eigenvalue weighted by molar-refractivity contribution is 0.641. The van der Waals surface area contributed by atoms with Crippen LogP contribution in [0, 0.1) is 5.92 Å². The van der Waals surface area contributed by atoms with Crippen LogP contribution in [0.15, 0.2) is 4.99 Å². The average Bonchev–Trinajstić information content (AvgIpc) is 2.58. The standard InChI is InChI=1S/C9H16N2/c1-2-5-8(4-1)9-10-6-3-7-11-9/h8H,1-7H2,(H,10,11). The zero-order chi connectivity index (χ0) is 7.52. The minimum absolute atomic E-state index is 0.787. The van der Waals surface area contributed by atoms with Gasteiger partial charge < -0.3 is 5.32 Å². The van der Waals surface area contributed by atoms with Crippen molar-refractivity contribution in [2.45, 2.75) is 32.1 Å². The van der Waals surface area contributed by atoms with Crippen molar-refractivity contribution in [2.24, 2.45) is 10.9 Å². The van der Waals surface area contributed by atoms with Crippen LogP contribution < -0.4 is 5.32 Å². The predicted molar refractivity (Wildman–Crippen MR) is 46.9 cm³/mol. The Hall–Kier alpha value is -0.530. The van der Waals surface area contributed by atoms with E-state index in [0.29, 0.717) is 0 Å². The monoisotopic (exact) mass is 152 g/mol. The molecule has 0 unspecified atom stereocenters. The Morgan fingerprint density at radius 1 is 1.18 bits per heavy atom. The molecule has 62 valence electrons. The summed E-state index contributed by atoms with van der Waals surface area (Å²) >= 11 is 0. The Bertz CT molecular complexity index is 157. The zero-order valence-corrected chi connectivity index (χ0v) is 6.97. The zero-order valence-electron chi connectivity index (χ0n) is 6.97. The van der Waals surface area contributed by atoms with E-state index in [-0.39, 0.29) is 0 Å². The van der Waals surface area contributed by atoms with Crippen molar-refractivity contribution in [1.82, 2.24) is 5.32 Å². The van der Waals surface area contributed by atoms with Gasteiger partial charge in [0.1, 0.15) is 0 Å². The number of rotatable bonds is 1. The van der Waals surface area contributed by atoms with Crippen LogP contribution in [0.1, 0.15) is 32.1 Å². The molecule has 1 heterocycles. The highest BCUT2D eigenvalue weighted by Gasteiger charge is 2.21. The molecule has 0 amide bonds. The molecule has 0 spiro atoms. The van der Waals surface area contributed by atoms with Crippen molar-refractivity contribution >= 4 is 5.84 Å². The Kier molecular flexibility index (Phi) is 2.11. The van der Waals surface area contributed by atoms with Gasteiger partial charge in [0.05, 0.1) is 5.84 Å². The lowest BCUT2D eigenvalue weighted by Gasteiger charge is -2.19. The normalized spacial score (nSPS) is 26.4. The highest BCUT2D eigenvalue weighted by Crippen LogP contribution is 2.25. The highest BCUT2D eigenvalue weighted by atomic mass is 15.0. The van der Waals surface area contributed by atoms with Gasteiger partial charge in [-0.25, -0.2) is 0 Å². The summed E-state index contributed by atoms with van der Waals surface area (Å²) in [5, 5.41) is 3.41. The van der Waals surface area contributed by atoms with E-state index in [1.807, 2.05) is 0 Å². The van der Waals surface area contributed by atoms with Crippen LogP contribution in [0.5, 0.6) is 0 Å². The Morgan fingerprint density at radius 2 is 2.00 bits per heavy atom. The maximum atomic E-state index is 4.52. The summed E-state index contributed by atoms with van der Waals surface area (Å²) in [4.78, 5) is 4.52. The molecule has 2 aliphatic rings. The van der Waals surface area contributed by atoms with Gasteiger partial charge in [0.15, 0.2) is 0 Å². The van der Waals surface area contributed by atoms with Crippen molar-refractivity contribution in [3.05, 3.63) is 0 Å². The molecule has 2 rings (SSSR count). The van der Waals surface area contributed by atoms with E-state index in [9.17, 15) is 0 Å². The number of hydrogen-bond donors (Lipinski definition) is 1. The lowest BCUT2D eigenvalue weighted by Crippen LogP contribution is -2.34. The molecule has 0 aromatic heterocycles. The van der Waals surface area contributed by atoms with Crippen molar-refractivity contribution in [3.63, 3.8) is 0 Å². The molecule has 0 atom stereocenters. The minimum atomic E-state index is 0.787. The van der Waals surface area contributed by atoms with Gasteiger partial charge in [0.2, 0.25) is 0 Å². The first-order chi connectivity index (χ1) is 5.47. The molecule has 1 saturated carbocycles. The molecule has 2 heteroatoms. The van der Waals surface area contributed by atoms with Gasteiger partial charge in [-0.3, -0.25) is 4.99 Å². The van der Waals surface area contributed by atoms with Crippen LogP contribution in [0.3, 0.4) is 0 Å². The van der Waals surface area contributed by atoms with Gasteiger partial charge in [-0.1, -0.05) is 12.8 Å². The van der Waals surface area contributed by atoms with E-state index in [0.717, 1.165) is 19.0 Å². The van der Waals surface area contributed by atoms with Crippen molar-refractivity contribution in [1.29, 1.82) is 0 Å². The minimum Gasteiger partial charge on any atom is -0.374 e. The first-order valence-electron chi connectivity index (χ1n) is 4.75. The first kappa shape index (κ1) is 7.14. The second kappa shape index (κ2) is 3.24. The number of amidine groups is 1. The molecule has 1 fully saturated rings. The quantitative estimate of drug-likeness (QED) is 0.606. The van der Waals surface area contributed by atoms with E-state index in [1.165, 1.54) is 37.9 Å². The summed E-state index contributed by atoms with van der Waals surface area (Å²) in [5.74, 6) is 2.10. The van der Waals surface area contributed by atoms with Crippen molar-refractivity contribution in [2.75, 3.05) is 13.1 Å². The number of aliphatic imine (C=N–C) groups is 1. The molecule has 1 N–H and O–H groups in total. The van der Waals surface area contributed by atoms with E-state index in [4.69, 9.17) is 0 Å². The van der Waals surface area contributed by atoms with Crippen LogP contribution in [0.25, 0.3) is 0 Å². The van der Waals surface area contributed by atoms with Gasteiger partial charge in [0, 0.05) is 19.0 Å². The molecule has 0 saturated heterocycles. The maximum Gasteiger partial charge on any atom is 0.0994 e. The molecule has 0 radical (unpaired) electrons. The van der Waals surface area contributed by atoms with E-state index < -0.39 is 0 Å². The average molecular weight is 152 g/mol. The Balaban J connectivity index is 1.96. The summed E-state index contributed by atoms with van der Waals surface area (Å²) in [5.41, 5.74) is 0. The van der Waals surface area contributed by atoms with Gasteiger partial charge in [-0.15, -0.1) is 0 Å². The summed E-state index contributed by atoms with van der Waals surface area (Å²) in [6, 6.07) is 0. The molecule has 0 aromatic carbocycles. The predicted octanol–water partition coefficient (Wildman–Crippen LogP) is 1.57. The number of nitrogens with zero attached hydrogens (tertiary/aromatic N) is 1. The second-order valence-electron chi connectivity index (χ2n) is 3.53. The summed E-state index contributed by atoms with van der Waals surface area (Å²) < 4.78 is 0. The van der Waals surface area contributed by atoms with Gasteiger partial charge in [-0.05, 0) is 19.3 Å². The van der Waals surface area contributed by atoms with Gasteiger partial charge >= 0.3 is 0 Å². The topological polar surface area (TPSA) is 24.4 Å². The maximum absolute atomic E-state index is 4.52. The van der Waals surface area contributed by atoms with Crippen LogP contribution in [0.2, 0.25) is 0 Å². The fourth-order valence-corrected chi connectivity index (χ4v) is 2.02. The van der Waals surface area contributed by atoms with Crippen LogP contribution in [-0.2, 0) is 0 Å². The third-order valence-electron chi connectivity index (χ3n) is 2.67. The van der Waals surface area contributed by atoms with Crippen molar-refractivity contribution in [3.8, 4) is 0 Å². The molecular formula is C9H16N2. The first-order valence-corrected chi connectivity index (χ1v) is 4.75. The van der Waals surface area contributed by atoms with Gasteiger partial charge in [-0.2, -0.15) is 0 Å². The molecular weight excluding hydrogens is 136 g/mol. The molecule has 11 heavy (non-hydrogen) atoms. The molecule has 1 aliphatic carbocycles. The fourth-order valence-electron chi connectivity index (χ4n) is 2.02. The van der Waals surface area contributed by atoms with E-state index >= 15 is 0 Å². The van der Waals surface area contributed by atoms with E-state index in [1.54, 1.807) is 0 Å².